The van der Waals surface area contributed by atoms with Crippen LogP contribution in [0.25, 0.3) is 0 Å². The Morgan fingerprint density at radius 3 is 2.82 bits per heavy atom. The number of fused-ring (bicyclic) bond motifs is 2. The van der Waals surface area contributed by atoms with Crippen molar-refractivity contribution in [3.8, 4) is 0 Å². The largest absolute Gasteiger partial charge is 0.392 e. The highest BCUT2D eigenvalue weighted by Gasteiger charge is 2.68. The van der Waals surface area contributed by atoms with Crippen molar-refractivity contribution in [1.29, 1.82) is 0 Å². The summed E-state index contributed by atoms with van der Waals surface area (Å²) in [4.78, 5) is 12.2. The van der Waals surface area contributed by atoms with E-state index < -0.39 is 0 Å². The standard InChI is InChI=1S/C15H22O2/c1-8(2)12-11(17)6-15(3)10-5-4-9(7-16)14(15)13(10)12/h4,8,10,12-14,16H,5-7H2,1-3H3/t10-,12-,13+,14?,15?/m1/s1. The maximum absolute atomic E-state index is 12.2. The number of Topliss-reactive ketones (excluding diaryl/α,β-unsaturated/α-hetero) is 1. The number of aliphatic hydroxyl groups excluding tert-OH is 1. The van der Waals surface area contributed by atoms with Crippen LogP contribution in [-0.4, -0.2) is 17.5 Å². The first-order chi connectivity index (χ1) is 8.00. The molecular formula is C15H22O2. The summed E-state index contributed by atoms with van der Waals surface area (Å²) in [5.74, 6) is 2.85. The molecule has 0 heterocycles. The Labute approximate surface area is 103 Å². The Morgan fingerprint density at radius 2 is 2.24 bits per heavy atom. The maximum atomic E-state index is 12.2. The smallest absolute Gasteiger partial charge is 0.137 e. The van der Waals surface area contributed by atoms with E-state index >= 15 is 0 Å². The number of carbonyl (C=O) groups is 1. The molecule has 94 valence electrons. The Balaban J connectivity index is 1.99. The number of carbonyl (C=O) groups excluding carboxylic acids is 1. The van der Waals surface area contributed by atoms with Crippen molar-refractivity contribution >= 4 is 5.78 Å². The van der Waals surface area contributed by atoms with Crippen LogP contribution in [0.3, 0.4) is 0 Å². The second-order valence-corrected chi connectivity index (χ2v) is 6.75. The summed E-state index contributed by atoms with van der Waals surface area (Å²) in [7, 11) is 0. The molecule has 2 unspecified atom stereocenters. The molecule has 4 aliphatic rings. The fraction of sp³-hybridized carbons (Fsp3) is 0.800. The molecule has 0 aliphatic heterocycles. The topological polar surface area (TPSA) is 37.3 Å². The minimum absolute atomic E-state index is 0.167. The van der Waals surface area contributed by atoms with Crippen molar-refractivity contribution in [3.63, 3.8) is 0 Å². The fourth-order valence-electron chi connectivity index (χ4n) is 5.11. The SMILES string of the molecule is CC(C)[C@@H]1C(=O)CC2(C)C3C(CO)=CC[C@@H]2[C@H]31. The van der Waals surface area contributed by atoms with E-state index in [1.807, 2.05) is 0 Å². The molecule has 0 spiro atoms. The van der Waals surface area contributed by atoms with Gasteiger partial charge in [0.25, 0.3) is 0 Å². The van der Waals surface area contributed by atoms with Crippen LogP contribution in [0.2, 0.25) is 0 Å². The number of hydrogen-bond donors (Lipinski definition) is 1. The van der Waals surface area contributed by atoms with Gasteiger partial charge in [-0.3, -0.25) is 4.79 Å². The van der Waals surface area contributed by atoms with Crippen LogP contribution < -0.4 is 0 Å². The summed E-state index contributed by atoms with van der Waals surface area (Å²) < 4.78 is 0. The molecule has 0 saturated heterocycles. The average molecular weight is 234 g/mol. The molecule has 4 bridgehead atoms. The van der Waals surface area contributed by atoms with Gasteiger partial charge in [-0.15, -0.1) is 0 Å². The van der Waals surface area contributed by atoms with E-state index in [-0.39, 0.29) is 17.9 Å². The van der Waals surface area contributed by atoms with Crippen LogP contribution in [0.5, 0.6) is 0 Å². The number of hydrogen-bond acceptors (Lipinski definition) is 2. The van der Waals surface area contributed by atoms with Crippen LogP contribution in [0, 0.1) is 35.0 Å². The van der Waals surface area contributed by atoms with E-state index in [9.17, 15) is 9.90 Å². The zero-order valence-electron chi connectivity index (χ0n) is 10.9. The molecule has 0 aromatic heterocycles. The summed E-state index contributed by atoms with van der Waals surface area (Å²) in [6, 6.07) is 0. The highest BCUT2D eigenvalue weighted by Crippen LogP contribution is 2.70. The molecular weight excluding hydrogens is 212 g/mol. The summed E-state index contributed by atoms with van der Waals surface area (Å²) >= 11 is 0. The first-order valence-corrected chi connectivity index (χ1v) is 6.83. The second-order valence-electron chi connectivity index (χ2n) is 6.75. The van der Waals surface area contributed by atoms with Gasteiger partial charge in [-0.25, -0.2) is 0 Å². The Kier molecular flexibility index (Phi) is 2.32. The molecule has 2 heteroatoms. The summed E-state index contributed by atoms with van der Waals surface area (Å²) in [6.45, 7) is 6.78. The molecule has 0 radical (unpaired) electrons. The third-order valence-electron chi connectivity index (χ3n) is 5.68. The number of aliphatic hydroxyl groups is 1. The van der Waals surface area contributed by atoms with E-state index in [2.05, 4.69) is 26.8 Å². The van der Waals surface area contributed by atoms with Gasteiger partial charge in [0.1, 0.15) is 5.78 Å². The minimum atomic E-state index is 0.167. The van der Waals surface area contributed by atoms with E-state index in [0.717, 1.165) is 12.8 Å². The van der Waals surface area contributed by atoms with Crippen LogP contribution in [-0.2, 0) is 4.79 Å². The van der Waals surface area contributed by atoms with Gasteiger partial charge in [0.2, 0.25) is 0 Å². The normalized spacial score (nSPS) is 47.8. The molecule has 4 aliphatic carbocycles. The molecule has 1 N–H and O–H groups in total. The highest BCUT2D eigenvalue weighted by molar-refractivity contribution is 5.85. The van der Waals surface area contributed by atoms with E-state index in [1.54, 1.807) is 0 Å². The van der Waals surface area contributed by atoms with Gasteiger partial charge in [0.15, 0.2) is 0 Å². The van der Waals surface area contributed by atoms with Crippen LogP contribution in [0.15, 0.2) is 11.6 Å². The fourth-order valence-corrected chi connectivity index (χ4v) is 5.11. The van der Waals surface area contributed by atoms with Crippen LogP contribution in [0.1, 0.15) is 33.6 Å². The second kappa shape index (κ2) is 3.44. The van der Waals surface area contributed by atoms with E-state index in [1.165, 1.54) is 5.57 Å². The zero-order valence-corrected chi connectivity index (χ0v) is 10.9. The van der Waals surface area contributed by atoms with Crippen molar-refractivity contribution < 1.29 is 9.90 Å². The Morgan fingerprint density at radius 1 is 1.53 bits per heavy atom. The maximum Gasteiger partial charge on any atom is 0.137 e. The predicted octanol–water partition coefficient (Wildman–Crippen LogP) is 2.42. The lowest BCUT2D eigenvalue weighted by Crippen LogP contribution is -2.67. The van der Waals surface area contributed by atoms with Crippen molar-refractivity contribution in [2.75, 3.05) is 6.61 Å². The number of ketones is 1. The van der Waals surface area contributed by atoms with Gasteiger partial charge < -0.3 is 5.11 Å². The van der Waals surface area contributed by atoms with Crippen molar-refractivity contribution in [2.24, 2.45) is 35.0 Å². The monoisotopic (exact) mass is 234 g/mol. The van der Waals surface area contributed by atoms with Crippen molar-refractivity contribution in [1.82, 2.24) is 0 Å². The van der Waals surface area contributed by atoms with Gasteiger partial charge in [-0.1, -0.05) is 26.8 Å². The summed E-state index contributed by atoms with van der Waals surface area (Å²) in [5, 5.41) is 9.49. The third kappa shape index (κ3) is 1.22. The molecule has 2 nitrogen and oxygen atoms in total. The minimum Gasteiger partial charge on any atom is -0.392 e. The van der Waals surface area contributed by atoms with E-state index in [4.69, 9.17) is 0 Å². The molecule has 5 atom stereocenters. The van der Waals surface area contributed by atoms with Crippen LogP contribution >= 0.6 is 0 Å². The quantitative estimate of drug-likeness (QED) is 0.745. The van der Waals surface area contributed by atoms with Gasteiger partial charge in [-0.2, -0.15) is 0 Å². The molecule has 0 aromatic rings. The number of allylic oxidation sites excluding steroid dienone is 1. The van der Waals surface area contributed by atoms with E-state index in [0.29, 0.717) is 29.5 Å². The van der Waals surface area contributed by atoms with Crippen molar-refractivity contribution in [2.45, 2.75) is 33.6 Å². The Bertz CT molecular complexity index is 396. The molecule has 17 heavy (non-hydrogen) atoms. The molecule has 4 rings (SSSR count). The van der Waals surface area contributed by atoms with Gasteiger partial charge in [0, 0.05) is 12.3 Å². The predicted molar refractivity (Wildman–Crippen MR) is 66.3 cm³/mol. The molecule has 3 saturated carbocycles. The lowest BCUT2D eigenvalue weighted by Gasteiger charge is -2.69. The van der Waals surface area contributed by atoms with Gasteiger partial charge >= 0.3 is 0 Å². The summed E-state index contributed by atoms with van der Waals surface area (Å²) in [6.07, 6.45) is 4.03. The first kappa shape index (κ1) is 11.5. The highest BCUT2D eigenvalue weighted by atomic mass is 16.3. The third-order valence-corrected chi connectivity index (χ3v) is 5.68. The average Bonchev–Trinajstić information content (AvgIpc) is 2.27. The van der Waals surface area contributed by atoms with Crippen LogP contribution in [0.4, 0.5) is 0 Å². The van der Waals surface area contributed by atoms with Crippen molar-refractivity contribution in [3.05, 3.63) is 11.6 Å². The first-order valence-electron chi connectivity index (χ1n) is 6.83. The number of rotatable bonds is 2. The molecule has 0 amide bonds. The lowest BCUT2D eigenvalue weighted by atomic mass is 9.34. The molecule has 0 aromatic carbocycles. The zero-order chi connectivity index (χ0) is 12.4. The van der Waals surface area contributed by atoms with Gasteiger partial charge in [0.05, 0.1) is 6.61 Å². The lowest BCUT2D eigenvalue weighted by molar-refractivity contribution is -0.189. The molecule has 3 fully saturated rings. The summed E-state index contributed by atoms with van der Waals surface area (Å²) in [5.41, 5.74) is 1.37. The Hall–Kier alpha value is -0.630. The van der Waals surface area contributed by atoms with Gasteiger partial charge in [-0.05, 0) is 41.1 Å².